The Morgan fingerprint density at radius 1 is 0.810 bits per heavy atom. The molecule has 0 aliphatic heterocycles. The van der Waals surface area contributed by atoms with E-state index in [1.807, 2.05) is 30.6 Å². The lowest BCUT2D eigenvalue weighted by Crippen LogP contribution is -2.12. The molecule has 0 aliphatic carbocycles. The highest BCUT2D eigenvalue weighted by Gasteiger charge is 2.18. The minimum Gasteiger partial charge on any atom is -0.459 e. The van der Waals surface area contributed by atoms with Crippen LogP contribution in [0.1, 0.15) is 45.7 Å². The minimum atomic E-state index is -0.000486. The van der Waals surface area contributed by atoms with E-state index >= 15 is 0 Å². The first-order valence-corrected chi connectivity index (χ1v) is 14.4. The number of pyridine rings is 2. The topological polar surface area (TPSA) is 44.3 Å². The summed E-state index contributed by atoms with van der Waals surface area (Å²) in [6, 6.07) is 28.6. The van der Waals surface area contributed by atoms with Crippen LogP contribution in [0.4, 0.5) is 5.69 Å². The molecule has 6 aromatic rings. The fourth-order valence-corrected chi connectivity index (χ4v) is 5.49. The smallest absolute Gasteiger partial charge is 0.191 e. The fourth-order valence-electron chi connectivity index (χ4n) is 5.49. The summed E-state index contributed by atoms with van der Waals surface area (Å²) in [5.41, 5.74) is 6.76. The maximum Gasteiger partial charge on any atom is 0.191 e. The van der Waals surface area contributed by atoms with Crippen LogP contribution in [0.5, 0.6) is 11.5 Å². The molecule has 0 fully saturated rings. The normalized spacial score (nSPS) is 11.7. The lowest BCUT2D eigenvalue weighted by atomic mass is 9.88. The summed E-state index contributed by atoms with van der Waals surface area (Å²) in [7, 11) is 0. The second-order valence-electron chi connectivity index (χ2n) is 12.3. The standard InChI is InChI=1S/C37H34N4O/c1-24(2)17-25-13-15-39-33(18-25)26-19-28(38-6)22-30(20-26)42-29-11-12-32-31-9-7-8-10-34(31)41(35(32)23-29)36-21-27(14-16-40-36)37(3,4)5/h7-16,18-24H,17H2,1-5H3. The van der Waals surface area contributed by atoms with Crippen LogP contribution < -0.4 is 4.74 Å². The summed E-state index contributed by atoms with van der Waals surface area (Å²) in [5.74, 6) is 2.71. The first-order chi connectivity index (χ1) is 20.2. The minimum absolute atomic E-state index is 0.000486. The molecule has 0 radical (unpaired) electrons. The van der Waals surface area contributed by atoms with Crippen LogP contribution in [0.3, 0.4) is 0 Å². The maximum atomic E-state index is 7.71. The molecule has 3 aromatic heterocycles. The summed E-state index contributed by atoms with van der Waals surface area (Å²) in [6.07, 6.45) is 4.70. The van der Waals surface area contributed by atoms with Gasteiger partial charge in [0.2, 0.25) is 0 Å². The molecule has 0 saturated heterocycles. The molecule has 0 spiro atoms. The van der Waals surface area contributed by atoms with Gasteiger partial charge in [0.25, 0.3) is 0 Å². The van der Waals surface area contributed by atoms with E-state index in [9.17, 15) is 0 Å². The number of rotatable bonds is 6. The van der Waals surface area contributed by atoms with Gasteiger partial charge in [-0.2, -0.15) is 0 Å². The van der Waals surface area contributed by atoms with Crippen LogP contribution in [-0.4, -0.2) is 14.5 Å². The quantitative estimate of drug-likeness (QED) is 0.194. The van der Waals surface area contributed by atoms with Crippen LogP contribution in [0.15, 0.2) is 97.3 Å². The van der Waals surface area contributed by atoms with Gasteiger partial charge in [-0.15, -0.1) is 0 Å². The summed E-state index contributed by atoms with van der Waals surface area (Å²) in [5, 5.41) is 2.29. The third kappa shape index (κ3) is 5.36. The van der Waals surface area contributed by atoms with E-state index in [0.29, 0.717) is 23.1 Å². The van der Waals surface area contributed by atoms with Crippen LogP contribution >= 0.6 is 0 Å². The van der Waals surface area contributed by atoms with Gasteiger partial charge in [0.15, 0.2) is 5.69 Å². The molecule has 0 N–H and O–H groups in total. The second kappa shape index (κ2) is 10.8. The molecule has 6 rings (SSSR count). The molecule has 5 heteroatoms. The van der Waals surface area contributed by atoms with E-state index in [1.165, 1.54) is 11.1 Å². The SMILES string of the molecule is [C-]#[N+]c1cc(Oc2ccc3c4ccccc4n(-c4cc(C(C)(C)C)ccn4)c3c2)cc(-c2cc(CC(C)C)ccn2)c1. The molecule has 5 nitrogen and oxygen atoms in total. The predicted octanol–water partition coefficient (Wildman–Crippen LogP) is 10.1. The third-order valence-corrected chi connectivity index (χ3v) is 7.51. The Labute approximate surface area is 247 Å². The Hall–Kier alpha value is -4.95. The molecular weight excluding hydrogens is 516 g/mol. The largest absolute Gasteiger partial charge is 0.459 e. The number of benzene rings is 3. The molecular formula is C37H34N4O. The van der Waals surface area contributed by atoms with Crippen LogP contribution in [0.2, 0.25) is 0 Å². The maximum absolute atomic E-state index is 7.71. The summed E-state index contributed by atoms with van der Waals surface area (Å²) < 4.78 is 8.65. The van der Waals surface area contributed by atoms with Gasteiger partial charge in [-0.25, -0.2) is 9.83 Å². The second-order valence-corrected chi connectivity index (χ2v) is 12.3. The van der Waals surface area contributed by atoms with E-state index in [-0.39, 0.29) is 5.41 Å². The van der Waals surface area contributed by atoms with Crippen molar-refractivity contribution >= 4 is 27.5 Å². The average molecular weight is 551 g/mol. The van der Waals surface area contributed by atoms with Crippen molar-refractivity contribution in [2.24, 2.45) is 5.92 Å². The van der Waals surface area contributed by atoms with Crippen molar-refractivity contribution in [2.45, 2.75) is 46.5 Å². The lowest BCUT2D eigenvalue weighted by Gasteiger charge is -2.20. The van der Waals surface area contributed by atoms with E-state index in [1.54, 1.807) is 6.07 Å². The van der Waals surface area contributed by atoms with Gasteiger partial charge in [-0.1, -0.05) is 52.8 Å². The molecule has 0 atom stereocenters. The molecule has 3 heterocycles. The van der Waals surface area contributed by atoms with E-state index in [0.717, 1.165) is 45.3 Å². The number of hydrogen-bond acceptors (Lipinski definition) is 3. The highest BCUT2D eigenvalue weighted by atomic mass is 16.5. The number of aromatic nitrogens is 3. The molecule has 0 amide bonds. The Morgan fingerprint density at radius 2 is 1.60 bits per heavy atom. The van der Waals surface area contributed by atoms with Crippen molar-refractivity contribution in [3.05, 3.63) is 120 Å². The molecule has 0 saturated carbocycles. The van der Waals surface area contributed by atoms with Gasteiger partial charge < -0.3 is 4.74 Å². The zero-order valence-electron chi connectivity index (χ0n) is 24.7. The molecule has 0 unspecified atom stereocenters. The summed E-state index contributed by atoms with van der Waals surface area (Å²) in [4.78, 5) is 13.1. The number of ether oxygens (including phenoxy) is 1. The fraction of sp³-hybridized carbons (Fsp3) is 0.216. The molecule has 0 bridgehead atoms. The molecule has 3 aromatic carbocycles. The highest BCUT2D eigenvalue weighted by Crippen LogP contribution is 2.37. The molecule has 208 valence electrons. The van der Waals surface area contributed by atoms with Crippen LogP contribution in [0.25, 0.3) is 43.7 Å². The lowest BCUT2D eigenvalue weighted by molar-refractivity contribution is 0.484. The van der Waals surface area contributed by atoms with Gasteiger partial charge in [0.05, 0.1) is 23.3 Å². The Kier molecular flexibility index (Phi) is 7.00. The van der Waals surface area contributed by atoms with Gasteiger partial charge in [0.1, 0.15) is 17.3 Å². The van der Waals surface area contributed by atoms with Crippen molar-refractivity contribution in [3.63, 3.8) is 0 Å². The Bertz CT molecular complexity index is 1970. The first kappa shape index (κ1) is 27.2. The predicted molar refractivity (Wildman–Crippen MR) is 172 cm³/mol. The van der Waals surface area contributed by atoms with Crippen LogP contribution in [-0.2, 0) is 11.8 Å². The van der Waals surface area contributed by atoms with Crippen molar-refractivity contribution in [1.82, 2.24) is 14.5 Å². The van der Waals surface area contributed by atoms with Crippen molar-refractivity contribution < 1.29 is 4.74 Å². The Balaban J connectivity index is 1.44. The first-order valence-electron chi connectivity index (χ1n) is 14.4. The van der Waals surface area contributed by atoms with Crippen LogP contribution in [0, 0.1) is 12.5 Å². The monoisotopic (exact) mass is 550 g/mol. The Morgan fingerprint density at radius 3 is 2.38 bits per heavy atom. The van der Waals surface area contributed by atoms with Gasteiger partial charge >= 0.3 is 0 Å². The van der Waals surface area contributed by atoms with Crippen molar-refractivity contribution in [1.29, 1.82) is 0 Å². The summed E-state index contributed by atoms with van der Waals surface area (Å²) in [6.45, 7) is 18.8. The number of para-hydroxylation sites is 1. The van der Waals surface area contributed by atoms with Crippen molar-refractivity contribution in [2.75, 3.05) is 0 Å². The van der Waals surface area contributed by atoms with Gasteiger partial charge in [-0.05, 0) is 95.1 Å². The number of fused-ring (bicyclic) bond motifs is 3. The van der Waals surface area contributed by atoms with Gasteiger partial charge in [-0.3, -0.25) is 9.55 Å². The van der Waals surface area contributed by atoms with E-state index in [4.69, 9.17) is 16.3 Å². The zero-order chi connectivity index (χ0) is 29.4. The molecule has 0 aliphatic rings. The van der Waals surface area contributed by atoms with Crippen molar-refractivity contribution in [3.8, 4) is 28.6 Å². The van der Waals surface area contributed by atoms with E-state index in [2.05, 4.69) is 110 Å². The number of nitrogens with zero attached hydrogens (tertiary/aromatic N) is 4. The number of hydrogen-bond donors (Lipinski definition) is 0. The highest BCUT2D eigenvalue weighted by molar-refractivity contribution is 6.09. The average Bonchev–Trinajstić information content (AvgIpc) is 3.30. The van der Waals surface area contributed by atoms with E-state index < -0.39 is 0 Å². The third-order valence-electron chi connectivity index (χ3n) is 7.51. The zero-order valence-corrected chi connectivity index (χ0v) is 24.7. The summed E-state index contributed by atoms with van der Waals surface area (Å²) >= 11 is 0. The van der Waals surface area contributed by atoms with Gasteiger partial charge in [0, 0.05) is 29.2 Å². The molecule has 42 heavy (non-hydrogen) atoms.